The molecule has 138 valence electrons. The summed E-state index contributed by atoms with van der Waals surface area (Å²) >= 11 is 1.47. The standard InChI is InChI=1S/C18H20N2O5S/c1-5-24-18(23)17-11(3)19-10(2)16(17)14(21)8-25-15(22)7-6-13-9-26-12(4)20-13/h6-7,9,19H,5,8H2,1-4H3/b7-6+. The van der Waals surface area contributed by atoms with Gasteiger partial charge in [0, 0.05) is 22.8 Å². The van der Waals surface area contributed by atoms with Gasteiger partial charge in [-0.3, -0.25) is 4.79 Å². The Morgan fingerprint density at radius 3 is 2.46 bits per heavy atom. The molecule has 2 aromatic rings. The Bertz CT molecular complexity index is 863. The monoisotopic (exact) mass is 376 g/mol. The van der Waals surface area contributed by atoms with Gasteiger partial charge in [-0.2, -0.15) is 0 Å². The Morgan fingerprint density at radius 1 is 1.15 bits per heavy atom. The Balaban J connectivity index is 2.05. The van der Waals surface area contributed by atoms with Gasteiger partial charge in [-0.05, 0) is 33.8 Å². The van der Waals surface area contributed by atoms with Gasteiger partial charge >= 0.3 is 11.9 Å². The van der Waals surface area contributed by atoms with Gasteiger partial charge in [0.25, 0.3) is 0 Å². The number of ketones is 1. The van der Waals surface area contributed by atoms with Crippen LogP contribution >= 0.6 is 11.3 Å². The number of esters is 2. The van der Waals surface area contributed by atoms with Crippen molar-refractivity contribution in [2.45, 2.75) is 27.7 Å². The fourth-order valence-corrected chi connectivity index (χ4v) is 3.04. The first-order valence-corrected chi connectivity index (χ1v) is 8.87. The highest BCUT2D eigenvalue weighted by Crippen LogP contribution is 2.20. The summed E-state index contributed by atoms with van der Waals surface area (Å²) in [5.74, 6) is -1.71. The van der Waals surface area contributed by atoms with Crippen molar-refractivity contribution in [1.82, 2.24) is 9.97 Å². The van der Waals surface area contributed by atoms with E-state index >= 15 is 0 Å². The molecule has 0 saturated carbocycles. The summed E-state index contributed by atoms with van der Waals surface area (Å²) < 4.78 is 9.97. The molecule has 0 aliphatic heterocycles. The van der Waals surface area contributed by atoms with E-state index in [2.05, 4.69) is 9.97 Å². The molecule has 2 rings (SSSR count). The van der Waals surface area contributed by atoms with Crippen LogP contribution in [-0.4, -0.2) is 40.9 Å². The highest BCUT2D eigenvalue weighted by atomic mass is 32.1. The fraction of sp³-hybridized carbons (Fsp3) is 0.333. The Morgan fingerprint density at radius 2 is 1.85 bits per heavy atom. The van der Waals surface area contributed by atoms with Crippen LogP contribution in [0.3, 0.4) is 0 Å². The van der Waals surface area contributed by atoms with Crippen LogP contribution in [0.2, 0.25) is 0 Å². The number of H-pyrrole nitrogens is 1. The van der Waals surface area contributed by atoms with Crippen LogP contribution in [-0.2, 0) is 14.3 Å². The van der Waals surface area contributed by atoms with E-state index in [0.717, 1.165) is 5.01 Å². The van der Waals surface area contributed by atoms with Crippen molar-refractivity contribution >= 4 is 35.1 Å². The lowest BCUT2D eigenvalue weighted by atomic mass is 10.1. The van der Waals surface area contributed by atoms with E-state index in [1.165, 1.54) is 23.5 Å². The van der Waals surface area contributed by atoms with E-state index in [0.29, 0.717) is 17.1 Å². The maximum atomic E-state index is 12.5. The lowest BCUT2D eigenvalue weighted by Gasteiger charge is -2.06. The number of aryl methyl sites for hydroxylation is 3. The molecule has 0 radical (unpaired) electrons. The highest BCUT2D eigenvalue weighted by Gasteiger charge is 2.25. The van der Waals surface area contributed by atoms with Gasteiger partial charge in [0.2, 0.25) is 5.78 Å². The first-order valence-electron chi connectivity index (χ1n) is 8.00. The average molecular weight is 376 g/mol. The zero-order valence-electron chi connectivity index (χ0n) is 15.0. The molecule has 0 bridgehead atoms. The normalized spacial score (nSPS) is 10.9. The van der Waals surface area contributed by atoms with Crippen molar-refractivity contribution in [1.29, 1.82) is 0 Å². The molecule has 1 N–H and O–H groups in total. The topological polar surface area (TPSA) is 98.4 Å². The minimum atomic E-state index is -0.661. The summed E-state index contributed by atoms with van der Waals surface area (Å²) in [6, 6.07) is 0. The second kappa shape index (κ2) is 8.57. The molecule has 0 unspecified atom stereocenters. The Hall–Kier alpha value is -2.74. The van der Waals surface area contributed by atoms with Crippen molar-refractivity contribution in [3.63, 3.8) is 0 Å². The minimum Gasteiger partial charge on any atom is -0.462 e. The maximum absolute atomic E-state index is 12.5. The maximum Gasteiger partial charge on any atom is 0.340 e. The summed E-state index contributed by atoms with van der Waals surface area (Å²) in [6.07, 6.45) is 2.73. The number of nitrogens with zero attached hydrogens (tertiary/aromatic N) is 1. The number of nitrogens with one attached hydrogen (secondary N) is 1. The molecule has 0 spiro atoms. The third kappa shape index (κ3) is 4.66. The van der Waals surface area contributed by atoms with Crippen LogP contribution in [0.5, 0.6) is 0 Å². The molecule has 8 heteroatoms. The summed E-state index contributed by atoms with van der Waals surface area (Å²) in [7, 11) is 0. The number of aromatic amines is 1. The number of hydrogen-bond donors (Lipinski definition) is 1. The molecule has 7 nitrogen and oxygen atoms in total. The van der Waals surface area contributed by atoms with Gasteiger partial charge in [0.05, 0.1) is 28.4 Å². The number of Topliss-reactive ketones (excluding diaryl/α,β-unsaturated/α-hetero) is 1. The molecule has 0 atom stereocenters. The molecular formula is C18H20N2O5S. The van der Waals surface area contributed by atoms with Crippen molar-refractivity contribution in [3.8, 4) is 0 Å². The fourth-order valence-electron chi connectivity index (χ4n) is 2.46. The van der Waals surface area contributed by atoms with Crippen LogP contribution in [0.25, 0.3) is 6.08 Å². The first kappa shape index (κ1) is 19.6. The largest absolute Gasteiger partial charge is 0.462 e. The number of carbonyl (C=O) groups is 3. The molecule has 2 aromatic heterocycles. The molecule has 0 aliphatic rings. The van der Waals surface area contributed by atoms with Crippen LogP contribution in [0.4, 0.5) is 0 Å². The number of ether oxygens (including phenoxy) is 2. The second-order valence-corrected chi connectivity index (χ2v) is 6.56. The molecule has 0 aliphatic carbocycles. The summed E-state index contributed by atoms with van der Waals surface area (Å²) in [4.78, 5) is 43.5. The number of aromatic nitrogens is 2. The molecule has 0 aromatic carbocycles. The average Bonchev–Trinajstić information content (AvgIpc) is 3.13. The smallest absolute Gasteiger partial charge is 0.340 e. The molecule has 26 heavy (non-hydrogen) atoms. The van der Waals surface area contributed by atoms with E-state index in [1.54, 1.807) is 20.8 Å². The quantitative estimate of drug-likeness (QED) is 0.453. The summed E-state index contributed by atoms with van der Waals surface area (Å²) in [5, 5.41) is 2.69. The number of hydrogen-bond acceptors (Lipinski definition) is 7. The number of rotatable bonds is 7. The van der Waals surface area contributed by atoms with Gasteiger partial charge in [-0.25, -0.2) is 14.6 Å². The molecule has 2 heterocycles. The SMILES string of the molecule is CCOC(=O)c1c(C)[nH]c(C)c1C(=O)COC(=O)/C=C/c1csc(C)n1. The third-order valence-corrected chi connectivity index (χ3v) is 4.30. The van der Waals surface area contributed by atoms with Crippen LogP contribution in [0.1, 0.15) is 49.7 Å². The van der Waals surface area contributed by atoms with E-state index in [1.807, 2.05) is 12.3 Å². The van der Waals surface area contributed by atoms with Gasteiger partial charge < -0.3 is 14.5 Å². The summed E-state index contributed by atoms with van der Waals surface area (Å²) in [5.41, 5.74) is 2.08. The molecule has 0 fully saturated rings. The van der Waals surface area contributed by atoms with Gasteiger partial charge in [0.1, 0.15) is 0 Å². The first-order chi connectivity index (χ1) is 12.3. The second-order valence-electron chi connectivity index (χ2n) is 5.50. The predicted molar refractivity (Wildman–Crippen MR) is 97.4 cm³/mol. The van der Waals surface area contributed by atoms with Gasteiger partial charge in [-0.15, -0.1) is 11.3 Å². The lowest BCUT2D eigenvalue weighted by molar-refractivity contribution is -0.136. The molecular weight excluding hydrogens is 356 g/mol. The zero-order chi connectivity index (χ0) is 19.3. The van der Waals surface area contributed by atoms with Crippen molar-refractivity contribution in [2.24, 2.45) is 0 Å². The predicted octanol–water partition coefficient (Wildman–Crippen LogP) is 3.01. The van der Waals surface area contributed by atoms with E-state index in [9.17, 15) is 14.4 Å². The van der Waals surface area contributed by atoms with Gasteiger partial charge in [0.15, 0.2) is 6.61 Å². The highest BCUT2D eigenvalue weighted by molar-refractivity contribution is 7.09. The van der Waals surface area contributed by atoms with E-state index in [4.69, 9.17) is 9.47 Å². The zero-order valence-corrected chi connectivity index (χ0v) is 15.9. The van der Waals surface area contributed by atoms with Gasteiger partial charge in [-0.1, -0.05) is 0 Å². The minimum absolute atomic E-state index is 0.180. The van der Waals surface area contributed by atoms with Crippen LogP contribution in [0, 0.1) is 20.8 Å². The Kier molecular flexibility index (Phi) is 6.46. The van der Waals surface area contributed by atoms with E-state index in [-0.39, 0.29) is 17.7 Å². The number of thiazole rings is 1. The van der Waals surface area contributed by atoms with Crippen LogP contribution < -0.4 is 0 Å². The van der Waals surface area contributed by atoms with Crippen molar-refractivity contribution < 1.29 is 23.9 Å². The molecule has 0 saturated heterocycles. The van der Waals surface area contributed by atoms with Crippen molar-refractivity contribution in [2.75, 3.05) is 13.2 Å². The molecule has 0 amide bonds. The van der Waals surface area contributed by atoms with Crippen molar-refractivity contribution in [3.05, 3.63) is 44.7 Å². The Labute approximate surface area is 155 Å². The number of carbonyl (C=O) groups excluding carboxylic acids is 3. The lowest BCUT2D eigenvalue weighted by Crippen LogP contribution is -2.17. The van der Waals surface area contributed by atoms with E-state index < -0.39 is 24.3 Å². The summed E-state index contributed by atoms with van der Waals surface area (Å²) in [6.45, 7) is 6.64. The third-order valence-electron chi connectivity index (χ3n) is 3.51. The van der Waals surface area contributed by atoms with Crippen LogP contribution in [0.15, 0.2) is 11.5 Å².